The molecule has 0 aliphatic heterocycles. The Bertz CT molecular complexity index is 1590. The van der Waals surface area contributed by atoms with Gasteiger partial charge >= 0.3 is 5.97 Å². The number of hydrogen-bond acceptors (Lipinski definition) is 5. The number of carbonyl (C=O) groups excluding carboxylic acids is 2. The number of carboxylic acid groups (broad SMARTS) is 1. The monoisotopic (exact) mass is 579 g/mol. The maximum absolute atomic E-state index is 14.0. The number of carbonyl (C=O) groups is 3. The summed E-state index contributed by atoms with van der Waals surface area (Å²) in [5.41, 5.74) is 4.74. The lowest BCUT2D eigenvalue weighted by molar-refractivity contribution is -0.137. The van der Waals surface area contributed by atoms with E-state index in [0.29, 0.717) is 48.4 Å². The van der Waals surface area contributed by atoms with Crippen LogP contribution in [0.3, 0.4) is 0 Å². The Morgan fingerprint density at radius 2 is 1.47 bits per heavy atom. The van der Waals surface area contributed by atoms with Crippen LogP contribution in [0.4, 0.5) is 0 Å². The first kappa shape index (κ1) is 31.0. The number of carboxylic acids is 1. The molecular formula is C35H37N3O5. The lowest BCUT2D eigenvalue weighted by atomic mass is 9.94. The molecule has 0 radical (unpaired) electrons. The second-order valence-electron chi connectivity index (χ2n) is 10.3. The molecule has 1 heterocycles. The Morgan fingerprint density at radius 3 is 2.12 bits per heavy atom. The van der Waals surface area contributed by atoms with Crippen molar-refractivity contribution in [2.24, 2.45) is 0 Å². The predicted molar refractivity (Wildman–Crippen MR) is 166 cm³/mol. The Morgan fingerprint density at radius 1 is 0.814 bits per heavy atom. The summed E-state index contributed by atoms with van der Waals surface area (Å²) in [7, 11) is 1.73. The van der Waals surface area contributed by atoms with Crippen LogP contribution in [0.25, 0.3) is 11.1 Å². The second-order valence-corrected chi connectivity index (χ2v) is 10.3. The number of aromatic nitrogens is 1. The molecule has 4 rings (SSSR count). The van der Waals surface area contributed by atoms with Gasteiger partial charge in [-0.1, -0.05) is 54.6 Å². The summed E-state index contributed by atoms with van der Waals surface area (Å²) in [6.45, 7) is 5.09. The molecule has 8 nitrogen and oxygen atoms in total. The number of nitrogens with zero attached hydrogens (tertiary/aromatic N) is 3. The molecular weight excluding hydrogens is 542 g/mol. The van der Waals surface area contributed by atoms with Gasteiger partial charge in [0.05, 0.1) is 25.3 Å². The number of amides is 2. The van der Waals surface area contributed by atoms with Crippen molar-refractivity contribution in [3.05, 3.63) is 119 Å². The number of aliphatic carboxylic acids is 1. The average Bonchev–Trinajstić information content (AvgIpc) is 3.00. The number of pyridine rings is 1. The van der Waals surface area contributed by atoms with E-state index in [0.717, 1.165) is 22.7 Å². The Labute approximate surface area is 252 Å². The van der Waals surface area contributed by atoms with Gasteiger partial charge in [0.15, 0.2) is 0 Å². The van der Waals surface area contributed by atoms with Crippen LogP contribution in [-0.2, 0) is 17.8 Å². The summed E-state index contributed by atoms with van der Waals surface area (Å²) in [6, 6.07) is 27.8. The van der Waals surface area contributed by atoms with Crippen molar-refractivity contribution < 1.29 is 24.2 Å². The van der Waals surface area contributed by atoms with Gasteiger partial charge in [-0.2, -0.15) is 0 Å². The molecule has 0 spiro atoms. The van der Waals surface area contributed by atoms with Crippen LogP contribution in [0.2, 0.25) is 0 Å². The van der Waals surface area contributed by atoms with E-state index in [1.807, 2.05) is 80.6 Å². The molecule has 0 aliphatic rings. The van der Waals surface area contributed by atoms with E-state index in [9.17, 15) is 19.5 Å². The maximum Gasteiger partial charge on any atom is 0.305 e. The molecule has 0 aliphatic carbocycles. The summed E-state index contributed by atoms with van der Waals surface area (Å²) in [5, 5.41) is 9.40. The molecule has 222 valence electrons. The second kappa shape index (κ2) is 14.8. The van der Waals surface area contributed by atoms with E-state index in [1.165, 1.54) is 0 Å². The molecule has 43 heavy (non-hydrogen) atoms. The molecule has 0 saturated heterocycles. The number of aryl methyl sites for hydroxylation is 1. The Hall–Kier alpha value is -4.98. The summed E-state index contributed by atoms with van der Waals surface area (Å²) >= 11 is 0. The molecule has 0 bridgehead atoms. The van der Waals surface area contributed by atoms with Gasteiger partial charge in [0, 0.05) is 37.0 Å². The Kier molecular flexibility index (Phi) is 10.6. The molecule has 1 N–H and O–H groups in total. The van der Waals surface area contributed by atoms with E-state index in [2.05, 4.69) is 4.98 Å². The fourth-order valence-corrected chi connectivity index (χ4v) is 4.95. The van der Waals surface area contributed by atoms with Crippen LogP contribution >= 0.6 is 0 Å². The molecule has 2 amide bonds. The van der Waals surface area contributed by atoms with Gasteiger partial charge in [-0.3, -0.25) is 19.4 Å². The zero-order valence-corrected chi connectivity index (χ0v) is 24.8. The van der Waals surface area contributed by atoms with Crippen LogP contribution in [0.1, 0.15) is 51.0 Å². The van der Waals surface area contributed by atoms with Crippen LogP contribution in [0.5, 0.6) is 5.75 Å². The van der Waals surface area contributed by atoms with Crippen LogP contribution in [0, 0.1) is 6.92 Å². The minimum absolute atomic E-state index is 0.0560. The number of benzene rings is 3. The number of rotatable bonds is 13. The standard InChI is InChI=1S/C35H37N3O5/c1-4-43-28-14-10-12-26(23-28)19-21-38(22-20-33(39)40)35(42)32-18-8-6-16-30(32)29-15-5-7-17-31(29)34(41)37(3)24-27-13-9-11-25(2)36-27/h5-18,23H,4,19-22,24H2,1-3H3,(H,39,40). The number of ether oxygens (including phenoxy) is 1. The van der Waals surface area contributed by atoms with Crippen LogP contribution in [0.15, 0.2) is 91.0 Å². The molecule has 0 unspecified atom stereocenters. The third-order valence-corrected chi connectivity index (χ3v) is 7.06. The van der Waals surface area contributed by atoms with Gasteiger partial charge in [0.25, 0.3) is 11.8 Å². The highest BCUT2D eigenvalue weighted by atomic mass is 16.5. The highest BCUT2D eigenvalue weighted by Gasteiger charge is 2.24. The number of hydrogen-bond donors (Lipinski definition) is 1. The molecule has 1 aromatic heterocycles. The van der Waals surface area contributed by atoms with Gasteiger partial charge in [-0.25, -0.2) is 0 Å². The van der Waals surface area contributed by atoms with Gasteiger partial charge < -0.3 is 19.6 Å². The summed E-state index contributed by atoms with van der Waals surface area (Å²) < 4.78 is 5.61. The van der Waals surface area contributed by atoms with Gasteiger partial charge in [-0.15, -0.1) is 0 Å². The zero-order valence-electron chi connectivity index (χ0n) is 24.8. The molecule has 3 aromatic carbocycles. The summed E-state index contributed by atoms with van der Waals surface area (Å²) in [5.74, 6) is -0.722. The molecule has 0 fully saturated rings. The fraction of sp³-hybridized carbons (Fsp3) is 0.257. The van der Waals surface area contributed by atoms with Crippen molar-refractivity contribution >= 4 is 17.8 Å². The van der Waals surface area contributed by atoms with Crippen molar-refractivity contribution in [3.8, 4) is 16.9 Å². The largest absolute Gasteiger partial charge is 0.494 e. The van der Waals surface area contributed by atoms with Crippen molar-refractivity contribution in [2.75, 3.05) is 26.7 Å². The zero-order chi connectivity index (χ0) is 30.8. The molecule has 0 atom stereocenters. The van der Waals surface area contributed by atoms with Crippen molar-refractivity contribution in [2.45, 2.75) is 33.2 Å². The third kappa shape index (κ3) is 8.29. The molecule has 8 heteroatoms. The lowest BCUT2D eigenvalue weighted by Gasteiger charge is -2.24. The normalized spacial score (nSPS) is 10.7. The van der Waals surface area contributed by atoms with E-state index < -0.39 is 5.97 Å². The van der Waals surface area contributed by atoms with Crippen molar-refractivity contribution in [3.63, 3.8) is 0 Å². The van der Waals surface area contributed by atoms with Crippen molar-refractivity contribution in [1.82, 2.24) is 14.8 Å². The highest BCUT2D eigenvalue weighted by molar-refractivity contribution is 6.06. The summed E-state index contributed by atoms with van der Waals surface area (Å²) in [6.07, 6.45) is 0.348. The van der Waals surface area contributed by atoms with Gasteiger partial charge in [-0.05, 0) is 73.4 Å². The van der Waals surface area contributed by atoms with Crippen LogP contribution in [-0.4, -0.2) is 64.4 Å². The average molecular weight is 580 g/mol. The fourth-order valence-electron chi connectivity index (χ4n) is 4.95. The van der Waals surface area contributed by atoms with Gasteiger partial charge in [0.1, 0.15) is 5.75 Å². The minimum atomic E-state index is -0.980. The Balaban J connectivity index is 1.62. The highest BCUT2D eigenvalue weighted by Crippen LogP contribution is 2.29. The predicted octanol–water partition coefficient (Wildman–Crippen LogP) is 5.89. The van der Waals surface area contributed by atoms with Crippen LogP contribution < -0.4 is 4.74 Å². The first-order chi connectivity index (χ1) is 20.8. The topological polar surface area (TPSA) is 100 Å². The van der Waals surface area contributed by atoms with E-state index in [-0.39, 0.29) is 24.8 Å². The SMILES string of the molecule is CCOc1cccc(CCN(CCC(=O)O)C(=O)c2ccccc2-c2ccccc2C(=O)N(C)Cc2cccc(C)n2)c1. The molecule has 0 saturated carbocycles. The van der Waals surface area contributed by atoms with E-state index >= 15 is 0 Å². The molecule has 4 aromatic rings. The maximum atomic E-state index is 14.0. The lowest BCUT2D eigenvalue weighted by Crippen LogP contribution is -2.35. The quantitative estimate of drug-likeness (QED) is 0.212. The van der Waals surface area contributed by atoms with Crippen molar-refractivity contribution in [1.29, 1.82) is 0 Å². The van der Waals surface area contributed by atoms with E-state index in [4.69, 9.17) is 4.74 Å². The first-order valence-electron chi connectivity index (χ1n) is 14.4. The van der Waals surface area contributed by atoms with Gasteiger partial charge in [0.2, 0.25) is 0 Å². The third-order valence-electron chi connectivity index (χ3n) is 7.06. The minimum Gasteiger partial charge on any atom is -0.494 e. The smallest absolute Gasteiger partial charge is 0.305 e. The van der Waals surface area contributed by atoms with E-state index in [1.54, 1.807) is 41.1 Å². The summed E-state index contributed by atoms with van der Waals surface area (Å²) in [4.78, 5) is 46.9. The first-order valence-corrected chi connectivity index (χ1v) is 14.4.